The molecule has 0 aromatic rings. The minimum Gasteiger partial charge on any atom is -0.393 e. The van der Waals surface area contributed by atoms with Crippen molar-refractivity contribution >= 4 is 5.78 Å². The number of hydrogen-bond donors (Lipinski definition) is 2. The number of rotatable bonds is 0. The van der Waals surface area contributed by atoms with Gasteiger partial charge in [0.25, 0.3) is 0 Å². The van der Waals surface area contributed by atoms with Gasteiger partial charge in [0.1, 0.15) is 6.10 Å². The molecule has 0 aromatic heterocycles. The van der Waals surface area contributed by atoms with Gasteiger partial charge in [0.15, 0.2) is 5.78 Å². The molecule has 3 nitrogen and oxygen atoms in total. The van der Waals surface area contributed by atoms with Crippen LogP contribution >= 0.6 is 0 Å². The molecule has 0 saturated heterocycles. The van der Waals surface area contributed by atoms with Crippen molar-refractivity contribution in [3.63, 3.8) is 0 Å². The summed E-state index contributed by atoms with van der Waals surface area (Å²) in [6.45, 7) is 4.63. The maximum absolute atomic E-state index is 12.5. The van der Waals surface area contributed by atoms with Gasteiger partial charge in [-0.2, -0.15) is 0 Å². The van der Waals surface area contributed by atoms with Crippen molar-refractivity contribution < 1.29 is 15.0 Å². The van der Waals surface area contributed by atoms with Crippen molar-refractivity contribution in [3.05, 3.63) is 0 Å². The summed E-state index contributed by atoms with van der Waals surface area (Å²) >= 11 is 0. The third-order valence-corrected chi connectivity index (χ3v) is 8.45. The molecule has 124 valence electrons. The first-order valence-electron chi connectivity index (χ1n) is 9.28. The van der Waals surface area contributed by atoms with Crippen LogP contribution < -0.4 is 0 Å². The van der Waals surface area contributed by atoms with E-state index in [0.717, 1.165) is 44.9 Å². The third-order valence-electron chi connectivity index (χ3n) is 8.45. The minimum absolute atomic E-state index is 0.0770. The van der Waals surface area contributed by atoms with Gasteiger partial charge in [-0.1, -0.05) is 13.8 Å². The molecule has 0 spiro atoms. The van der Waals surface area contributed by atoms with Gasteiger partial charge in [-0.15, -0.1) is 0 Å². The van der Waals surface area contributed by atoms with E-state index in [9.17, 15) is 15.0 Å². The fourth-order valence-corrected chi connectivity index (χ4v) is 7.08. The van der Waals surface area contributed by atoms with Gasteiger partial charge in [0.2, 0.25) is 0 Å². The van der Waals surface area contributed by atoms with Crippen molar-refractivity contribution in [2.45, 2.75) is 77.4 Å². The first-order valence-corrected chi connectivity index (χ1v) is 9.28. The van der Waals surface area contributed by atoms with Crippen LogP contribution in [0.5, 0.6) is 0 Å². The number of aliphatic hydroxyl groups excluding tert-OH is 2. The number of carbonyl (C=O) groups excluding carboxylic acids is 1. The Morgan fingerprint density at radius 3 is 2.32 bits per heavy atom. The fourth-order valence-electron chi connectivity index (χ4n) is 7.08. The number of aliphatic hydroxyl groups is 2. The second-order valence-electron chi connectivity index (χ2n) is 9.11. The Kier molecular flexibility index (Phi) is 3.30. The van der Waals surface area contributed by atoms with Crippen molar-refractivity contribution in [2.75, 3.05) is 0 Å². The Bertz CT molecular complexity index is 489. The van der Waals surface area contributed by atoms with Gasteiger partial charge in [-0.3, -0.25) is 4.79 Å². The molecule has 0 amide bonds. The molecule has 0 bridgehead atoms. The maximum Gasteiger partial charge on any atom is 0.164 e. The SMILES string of the molecule is C[C@]12CC[C@H]3[C@@H](CCC4C(=O)[C@H](O)CC[C@@]43C)[C@@H]1CC[C@@H]2O. The molecule has 8 atom stereocenters. The van der Waals surface area contributed by atoms with Crippen LogP contribution in [0, 0.1) is 34.5 Å². The van der Waals surface area contributed by atoms with E-state index < -0.39 is 6.10 Å². The lowest BCUT2D eigenvalue weighted by Crippen LogP contribution is -2.57. The molecule has 22 heavy (non-hydrogen) atoms. The largest absolute Gasteiger partial charge is 0.393 e. The second-order valence-corrected chi connectivity index (χ2v) is 9.11. The first-order chi connectivity index (χ1) is 10.4. The van der Waals surface area contributed by atoms with Crippen LogP contribution in [0.4, 0.5) is 0 Å². The van der Waals surface area contributed by atoms with Crippen LogP contribution in [-0.4, -0.2) is 28.2 Å². The van der Waals surface area contributed by atoms with Crippen LogP contribution in [-0.2, 0) is 4.79 Å². The normalized spacial score (nSPS) is 57.9. The van der Waals surface area contributed by atoms with E-state index in [2.05, 4.69) is 13.8 Å². The third kappa shape index (κ3) is 1.78. The van der Waals surface area contributed by atoms with E-state index in [4.69, 9.17) is 0 Å². The van der Waals surface area contributed by atoms with Crippen LogP contribution in [0.15, 0.2) is 0 Å². The number of ketones is 1. The molecule has 4 aliphatic rings. The van der Waals surface area contributed by atoms with Crippen molar-refractivity contribution in [1.82, 2.24) is 0 Å². The number of Topliss-reactive ketones (excluding diaryl/α,β-unsaturated/α-hetero) is 1. The van der Waals surface area contributed by atoms with Crippen molar-refractivity contribution in [3.8, 4) is 0 Å². The molecule has 0 aromatic carbocycles. The second kappa shape index (κ2) is 4.80. The highest BCUT2D eigenvalue weighted by Gasteiger charge is 2.61. The molecule has 4 rings (SSSR count). The Morgan fingerprint density at radius 2 is 1.55 bits per heavy atom. The summed E-state index contributed by atoms with van der Waals surface area (Å²) in [4.78, 5) is 12.5. The highest BCUT2D eigenvalue weighted by molar-refractivity contribution is 5.86. The van der Waals surface area contributed by atoms with Gasteiger partial charge < -0.3 is 10.2 Å². The number of hydrogen-bond acceptors (Lipinski definition) is 3. The highest BCUT2D eigenvalue weighted by Crippen LogP contribution is 2.65. The highest BCUT2D eigenvalue weighted by atomic mass is 16.3. The topological polar surface area (TPSA) is 57.5 Å². The number of fused-ring (bicyclic) bond motifs is 5. The van der Waals surface area contributed by atoms with E-state index in [0.29, 0.717) is 24.2 Å². The van der Waals surface area contributed by atoms with Crippen molar-refractivity contribution in [2.24, 2.45) is 34.5 Å². The Morgan fingerprint density at radius 1 is 0.864 bits per heavy atom. The standard InChI is InChI=1S/C19H30O3/c1-18-10-8-15(20)17(22)14(18)4-3-11-12-5-6-16(21)19(12,2)9-7-13(11)18/h11-16,20-21H,3-10H2,1-2H3/t11-,12-,13-,14?,15+,16-,18+,19-/m0/s1. The summed E-state index contributed by atoms with van der Waals surface area (Å²) in [5.41, 5.74) is 0.205. The Balaban J connectivity index is 1.65. The molecule has 4 saturated carbocycles. The first kappa shape index (κ1) is 15.1. The lowest BCUT2D eigenvalue weighted by molar-refractivity contribution is -0.161. The number of carbonyl (C=O) groups is 1. The summed E-state index contributed by atoms with van der Waals surface area (Å²) in [5, 5.41) is 20.4. The maximum atomic E-state index is 12.5. The smallest absolute Gasteiger partial charge is 0.164 e. The average Bonchev–Trinajstić information content (AvgIpc) is 2.79. The summed E-state index contributed by atoms with van der Waals surface area (Å²) in [7, 11) is 0. The molecule has 0 heterocycles. The van der Waals surface area contributed by atoms with E-state index in [1.807, 2.05) is 0 Å². The molecule has 2 N–H and O–H groups in total. The zero-order valence-corrected chi connectivity index (χ0v) is 13.9. The Hall–Kier alpha value is -0.410. The van der Waals surface area contributed by atoms with Gasteiger partial charge >= 0.3 is 0 Å². The average molecular weight is 306 g/mol. The summed E-state index contributed by atoms with van der Waals surface area (Å²) in [5.74, 6) is 2.13. The lowest BCUT2D eigenvalue weighted by atomic mass is 9.45. The Labute approximate surface area is 133 Å². The van der Waals surface area contributed by atoms with Gasteiger partial charge in [0, 0.05) is 5.92 Å². The van der Waals surface area contributed by atoms with E-state index >= 15 is 0 Å². The summed E-state index contributed by atoms with van der Waals surface area (Å²) < 4.78 is 0. The molecule has 4 fully saturated rings. The predicted octanol–water partition coefficient (Wildman–Crippen LogP) is 2.93. The van der Waals surface area contributed by atoms with Gasteiger partial charge in [-0.05, 0) is 80.0 Å². The van der Waals surface area contributed by atoms with Crippen LogP contribution in [0.1, 0.15) is 65.2 Å². The van der Waals surface area contributed by atoms with Crippen LogP contribution in [0.3, 0.4) is 0 Å². The van der Waals surface area contributed by atoms with Crippen LogP contribution in [0.2, 0.25) is 0 Å². The minimum atomic E-state index is -0.711. The summed E-state index contributed by atoms with van der Waals surface area (Å²) in [6, 6.07) is 0. The van der Waals surface area contributed by atoms with Crippen LogP contribution in [0.25, 0.3) is 0 Å². The lowest BCUT2D eigenvalue weighted by Gasteiger charge is -2.60. The monoisotopic (exact) mass is 306 g/mol. The van der Waals surface area contributed by atoms with Gasteiger partial charge in [0.05, 0.1) is 6.10 Å². The molecular weight excluding hydrogens is 276 g/mol. The van der Waals surface area contributed by atoms with E-state index in [1.54, 1.807) is 0 Å². The predicted molar refractivity (Wildman–Crippen MR) is 84.1 cm³/mol. The zero-order chi connectivity index (χ0) is 15.7. The van der Waals surface area contributed by atoms with E-state index in [1.165, 1.54) is 0 Å². The fraction of sp³-hybridized carbons (Fsp3) is 0.947. The molecule has 1 unspecified atom stereocenters. The molecular formula is C19H30O3. The van der Waals surface area contributed by atoms with Crippen molar-refractivity contribution in [1.29, 1.82) is 0 Å². The molecule has 0 aliphatic heterocycles. The molecule has 4 aliphatic carbocycles. The molecule has 0 radical (unpaired) electrons. The quantitative estimate of drug-likeness (QED) is 0.723. The van der Waals surface area contributed by atoms with Gasteiger partial charge in [-0.25, -0.2) is 0 Å². The summed E-state index contributed by atoms with van der Waals surface area (Å²) in [6.07, 6.45) is 7.28. The van der Waals surface area contributed by atoms with E-state index in [-0.39, 0.29) is 28.6 Å². The molecule has 3 heteroatoms. The zero-order valence-electron chi connectivity index (χ0n) is 13.9.